The summed E-state index contributed by atoms with van der Waals surface area (Å²) in [6, 6.07) is 2.01. The molecular formula is C25H32N2O8. The van der Waals surface area contributed by atoms with Crippen LogP contribution in [0.1, 0.15) is 51.7 Å². The zero-order valence-electron chi connectivity index (χ0n) is 20.6. The molecule has 1 aliphatic rings. The summed E-state index contributed by atoms with van der Waals surface area (Å²) in [6.45, 7) is 8.43. The first-order valence-corrected chi connectivity index (χ1v) is 11.6. The summed E-state index contributed by atoms with van der Waals surface area (Å²) >= 11 is 0. The number of ether oxygens (including phenoxy) is 2. The lowest BCUT2D eigenvalue weighted by Crippen LogP contribution is -2.48. The fourth-order valence-corrected chi connectivity index (χ4v) is 4.02. The zero-order chi connectivity index (χ0) is 25.9. The van der Waals surface area contributed by atoms with Crippen molar-refractivity contribution >= 4 is 28.8 Å². The number of fused-ring (bicyclic) bond motifs is 3. The Hall–Kier alpha value is -3.56. The zero-order valence-corrected chi connectivity index (χ0v) is 20.6. The summed E-state index contributed by atoms with van der Waals surface area (Å²) in [6.07, 6.45) is 1.99. The van der Waals surface area contributed by atoms with Gasteiger partial charge in [-0.2, -0.15) is 0 Å². The van der Waals surface area contributed by atoms with Gasteiger partial charge in [-0.25, -0.2) is 9.59 Å². The van der Waals surface area contributed by atoms with Crippen LogP contribution in [0.25, 0.3) is 11.0 Å². The standard InChI is InChI=1S/C25H32N2O8/c1-6-13(2)22(24(31)32)27-18(28)11-26-19(29)12-33-17-10-16-15(7-8-25(4,5)35-16)23-21(17)14(3)9-20(30)34-23/h9-10,13,22H,6-8,11-12H2,1-5H3,(H,26,29)(H,27,28)(H,31,32)/t13-,22+/m0/s1. The van der Waals surface area contributed by atoms with E-state index >= 15 is 0 Å². The first-order chi connectivity index (χ1) is 16.4. The molecule has 2 atom stereocenters. The predicted octanol–water partition coefficient (Wildman–Crippen LogP) is 2.32. The van der Waals surface area contributed by atoms with Crippen molar-refractivity contribution < 1.29 is 33.4 Å². The molecule has 0 aliphatic carbocycles. The Bertz CT molecular complexity index is 1200. The van der Waals surface area contributed by atoms with Crippen LogP contribution in [0.4, 0.5) is 0 Å². The number of aryl methyl sites for hydroxylation is 2. The van der Waals surface area contributed by atoms with E-state index in [1.165, 1.54) is 6.07 Å². The van der Waals surface area contributed by atoms with E-state index in [0.717, 1.165) is 12.0 Å². The lowest BCUT2D eigenvalue weighted by molar-refractivity contribution is -0.143. The third-order valence-corrected chi connectivity index (χ3v) is 6.20. The summed E-state index contributed by atoms with van der Waals surface area (Å²) in [5, 5.41) is 14.7. The molecule has 2 heterocycles. The average Bonchev–Trinajstić information content (AvgIpc) is 2.77. The van der Waals surface area contributed by atoms with Gasteiger partial charge in [-0.05, 0) is 45.1 Å². The van der Waals surface area contributed by atoms with Crippen LogP contribution in [0, 0.1) is 12.8 Å². The molecule has 1 aromatic carbocycles. The van der Waals surface area contributed by atoms with Gasteiger partial charge in [0.05, 0.1) is 11.9 Å². The summed E-state index contributed by atoms with van der Waals surface area (Å²) in [7, 11) is 0. The van der Waals surface area contributed by atoms with Crippen molar-refractivity contribution in [2.45, 2.75) is 65.5 Å². The van der Waals surface area contributed by atoms with Gasteiger partial charge in [0.25, 0.3) is 5.91 Å². The second-order valence-electron chi connectivity index (χ2n) is 9.50. The van der Waals surface area contributed by atoms with Crippen molar-refractivity contribution in [3.8, 4) is 11.5 Å². The lowest BCUT2D eigenvalue weighted by atomic mass is 9.92. The number of aliphatic carboxylic acids is 1. The number of carboxylic acid groups (broad SMARTS) is 1. The smallest absolute Gasteiger partial charge is 0.336 e. The van der Waals surface area contributed by atoms with Crippen molar-refractivity contribution in [1.82, 2.24) is 10.6 Å². The van der Waals surface area contributed by atoms with Crippen molar-refractivity contribution in [2.75, 3.05) is 13.2 Å². The third kappa shape index (κ3) is 6.12. The maximum Gasteiger partial charge on any atom is 0.336 e. The first kappa shape index (κ1) is 26.1. The molecule has 0 saturated heterocycles. The molecular weight excluding hydrogens is 456 g/mol. The lowest BCUT2D eigenvalue weighted by Gasteiger charge is -2.33. The fourth-order valence-electron chi connectivity index (χ4n) is 4.02. The van der Waals surface area contributed by atoms with Crippen LogP contribution in [-0.2, 0) is 20.8 Å². The van der Waals surface area contributed by atoms with Crippen molar-refractivity contribution in [3.63, 3.8) is 0 Å². The molecule has 1 aliphatic heterocycles. The highest BCUT2D eigenvalue weighted by atomic mass is 16.5. The van der Waals surface area contributed by atoms with Crippen LogP contribution in [0.2, 0.25) is 0 Å². The third-order valence-electron chi connectivity index (χ3n) is 6.20. The highest BCUT2D eigenvalue weighted by Crippen LogP contribution is 2.42. The molecule has 35 heavy (non-hydrogen) atoms. The van der Waals surface area contributed by atoms with E-state index in [-0.39, 0.29) is 5.92 Å². The number of nitrogens with one attached hydrogen (secondary N) is 2. The molecule has 0 radical (unpaired) electrons. The largest absolute Gasteiger partial charge is 0.487 e. The van der Waals surface area contributed by atoms with Gasteiger partial charge in [-0.1, -0.05) is 20.3 Å². The number of rotatable bonds is 9. The first-order valence-electron chi connectivity index (χ1n) is 11.6. The number of hydrogen-bond acceptors (Lipinski definition) is 7. The number of hydrogen-bond donors (Lipinski definition) is 3. The van der Waals surface area contributed by atoms with Crippen LogP contribution in [0.3, 0.4) is 0 Å². The second-order valence-corrected chi connectivity index (χ2v) is 9.50. The summed E-state index contributed by atoms with van der Waals surface area (Å²) in [5.74, 6) is -1.73. The number of benzene rings is 1. The minimum Gasteiger partial charge on any atom is -0.487 e. The molecule has 2 aromatic rings. The van der Waals surface area contributed by atoms with E-state index in [9.17, 15) is 24.3 Å². The van der Waals surface area contributed by atoms with Gasteiger partial charge in [0.15, 0.2) is 6.61 Å². The maximum atomic E-state index is 12.4. The van der Waals surface area contributed by atoms with E-state index in [4.69, 9.17) is 13.9 Å². The highest BCUT2D eigenvalue weighted by molar-refractivity contribution is 5.92. The summed E-state index contributed by atoms with van der Waals surface area (Å²) in [4.78, 5) is 47.9. The van der Waals surface area contributed by atoms with Crippen LogP contribution < -0.4 is 25.7 Å². The normalized spacial score (nSPS) is 15.9. The monoisotopic (exact) mass is 488 g/mol. The van der Waals surface area contributed by atoms with Gasteiger partial charge in [0, 0.05) is 17.7 Å². The molecule has 2 amide bonds. The maximum absolute atomic E-state index is 12.4. The Balaban J connectivity index is 1.72. The topological polar surface area (TPSA) is 144 Å². The Morgan fingerprint density at radius 3 is 2.60 bits per heavy atom. The average molecular weight is 489 g/mol. The van der Waals surface area contributed by atoms with Crippen molar-refractivity contribution in [3.05, 3.63) is 33.7 Å². The SMILES string of the molecule is CC[C@H](C)[C@@H](NC(=O)CNC(=O)COc1cc2c(c3oc(=O)cc(C)c13)CCC(C)(C)O2)C(=O)O. The van der Waals surface area contributed by atoms with Crippen LogP contribution in [-0.4, -0.2) is 47.7 Å². The Kier molecular flexibility index (Phi) is 7.72. The molecule has 0 unspecified atom stereocenters. The minimum absolute atomic E-state index is 0.261. The Morgan fingerprint density at radius 2 is 1.94 bits per heavy atom. The van der Waals surface area contributed by atoms with Gasteiger partial charge < -0.3 is 29.6 Å². The molecule has 190 valence electrons. The van der Waals surface area contributed by atoms with Gasteiger partial charge in [-0.15, -0.1) is 0 Å². The van der Waals surface area contributed by atoms with Gasteiger partial charge in [0.2, 0.25) is 5.91 Å². The van der Waals surface area contributed by atoms with E-state index in [1.54, 1.807) is 19.9 Å². The van der Waals surface area contributed by atoms with Gasteiger partial charge in [0.1, 0.15) is 28.7 Å². The summed E-state index contributed by atoms with van der Waals surface area (Å²) in [5.41, 5.74) is 0.907. The van der Waals surface area contributed by atoms with Crippen molar-refractivity contribution in [2.24, 2.45) is 5.92 Å². The quantitative estimate of drug-likeness (QED) is 0.456. The number of carbonyl (C=O) groups excluding carboxylic acids is 2. The molecule has 0 spiro atoms. The fraction of sp³-hybridized carbons (Fsp3) is 0.520. The molecule has 1 aromatic heterocycles. The van der Waals surface area contributed by atoms with E-state index < -0.39 is 48.2 Å². The van der Waals surface area contributed by atoms with E-state index in [2.05, 4.69) is 10.6 Å². The van der Waals surface area contributed by atoms with E-state index in [0.29, 0.717) is 40.9 Å². The predicted molar refractivity (Wildman–Crippen MR) is 128 cm³/mol. The second kappa shape index (κ2) is 10.4. The van der Waals surface area contributed by atoms with Crippen LogP contribution in [0.5, 0.6) is 11.5 Å². The van der Waals surface area contributed by atoms with Gasteiger partial charge >= 0.3 is 11.6 Å². The number of carbonyl (C=O) groups is 3. The summed E-state index contributed by atoms with van der Waals surface area (Å²) < 4.78 is 17.3. The van der Waals surface area contributed by atoms with Crippen LogP contribution >= 0.6 is 0 Å². The highest BCUT2D eigenvalue weighted by Gasteiger charge is 2.31. The molecule has 10 heteroatoms. The molecule has 3 N–H and O–H groups in total. The number of carboxylic acids is 1. The van der Waals surface area contributed by atoms with Gasteiger partial charge in [-0.3, -0.25) is 9.59 Å². The number of amides is 2. The molecule has 10 nitrogen and oxygen atoms in total. The molecule has 3 rings (SSSR count). The Labute approximate surface area is 203 Å². The molecule has 0 bridgehead atoms. The molecule has 0 fully saturated rings. The van der Waals surface area contributed by atoms with Crippen LogP contribution in [0.15, 0.2) is 21.3 Å². The minimum atomic E-state index is -1.13. The van der Waals surface area contributed by atoms with Crippen molar-refractivity contribution in [1.29, 1.82) is 0 Å². The molecule has 0 saturated carbocycles. The van der Waals surface area contributed by atoms with E-state index in [1.807, 2.05) is 20.8 Å². The Morgan fingerprint density at radius 1 is 1.23 bits per heavy atom.